The topological polar surface area (TPSA) is 6.48 Å². The Bertz CT molecular complexity index is 300. The largest absolute Gasteiger partial charge is 0.306 e. The van der Waals surface area contributed by atoms with Crippen molar-refractivity contribution in [2.75, 3.05) is 40.3 Å². The maximum Gasteiger partial charge on any atom is -0.00244 e. The van der Waals surface area contributed by atoms with Crippen LogP contribution in [-0.2, 0) is 0 Å². The van der Waals surface area contributed by atoms with E-state index in [0.29, 0.717) is 0 Å². The normalized spacial score (nSPS) is 9.52. The quantitative estimate of drug-likeness (QED) is 0.101. The van der Waals surface area contributed by atoms with Gasteiger partial charge in [0.15, 0.2) is 0 Å². The molecule has 0 aromatic rings. The van der Waals surface area contributed by atoms with Gasteiger partial charge in [0.1, 0.15) is 0 Å². The Kier molecular flexibility index (Phi) is 100. The van der Waals surface area contributed by atoms with Gasteiger partial charge in [0, 0.05) is 0 Å². The third kappa shape index (κ3) is 112. The van der Waals surface area contributed by atoms with Crippen molar-refractivity contribution in [3.63, 3.8) is 0 Å². The summed E-state index contributed by atoms with van der Waals surface area (Å²) in [7, 11) is 4.35. The first-order valence-corrected chi connectivity index (χ1v) is 21.6. The van der Waals surface area contributed by atoms with Gasteiger partial charge in [0.25, 0.3) is 0 Å². The molecule has 0 amide bonds. The van der Waals surface area contributed by atoms with E-state index in [1.165, 1.54) is 180 Å². The molecule has 0 rings (SSSR count). The van der Waals surface area contributed by atoms with Gasteiger partial charge in [-0.25, -0.2) is 0 Å². The van der Waals surface area contributed by atoms with E-state index in [0.717, 1.165) is 0 Å². The van der Waals surface area contributed by atoms with Crippen LogP contribution in [-0.4, -0.2) is 50.1 Å². The van der Waals surface area contributed by atoms with Gasteiger partial charge >= 0.3 is 0 Å². The van der Waals surface area contributed by atoms with E-state index in [1.807, 2.05) is 0 Å². The van der Waals surface area contributed by atoms with E-state index < -0.39 is 0 Å². The van der Waals surface area contributed by atoms with Gasteiger partial charge in [-0.1, -0.05) is 225 Å². The van der Waals surface area contributed by atoms with Crippen LogP contribution in [0.2, 0.25) is 0 Å². The third-order valence-corrected chi connectivity index (χ3v) is 7.21. The van der Waals surface area contributed by atoms with Crippen LogP contribution in [0.5, 0.6) is 0 Å². The summed E-state index contributed by atoms with van der Waals surface area (Å²) in [6, 6.07) is 0. The molecule has 0 N–H and O–H groups in total. The number of nitrogens with zero attached hydrogens (tertiary/aromatic N) is 2. The van der Waals surface area contributed by atoms with E-state index >= 15 is 0 Å². The number of unbranched alkanes of at least 4 members (excludes halogenated alkanes) is 15. The highest BCUT2D eigenvalue weighted by atomic mass is 15.1. The molecule has 2 heteroatoms. The predicted octanol–water partition coefficient (Wildman–Crippen LogP) is 16.4. The Labute approximate surface area is 300 Å². The molecule has 0 atom stereocenters. The summed E-state index contributed by atoms with van der Waals surface area (Å²) < 4.78 is 0. The molecule has 0 spiro atoms. The lowest BCUT2D eigenvalue weighted by Crippen LogP contribution is -2.19. The highest BCUT2D eigenvalue weighted by molar-refractivity contribution is 4.46. The Morgan fingerprint density at radius 3 is 0.457 bits per heavy atom. The molecular formula is C44H104N2. The molecule has 0 heterocycles. The molecule has 0 aromatic carbocycles. The van der Waals surface area contributed by atoms with Crippen LogP contribution >= 0.6 is 0 Å². The van der Waals surface area contributed by atoms with Crippen molar-refractivity contribution < 1.29 is 0 Å². The Hall–Kier alpha value is -0.0800. The average Bonchev–Trinajstić information content (AvgIpc) is 3.04. The number of hydrogen-bond donors (Lipinski definition) is 0. The number of hydrogen-bond acceptors (Lipinski definition) is 2. The van der Waals surface area contributed by atoms with Crippen molar-refractivity contribution in [1.29, 1.82) is 0 Å². The Morgan fingerprint density at radius 2 is 0.348 bits per heavy atom. The maximum atomic E-state index is 2.36. The van der Waals surface area contributed by atoms with Crippen LogP contribution in [0.3, 0.4) is 0 Å². The molecular weight excluding hydrogens is 556 g/mol. The molecule has 0 radical (unpaired) electrons. The molecule has 0 fully saturated rings. The van der Waals surface area contributed by atoms with Gasteiger partial charge in [0.05, 0.1) is 0 Å². The van der Waals surface area contributed by atoms with Gasteiger partial charge in [-0.2, -0.15) is 0 Å². The summed E-state index contributed by atoms with van der Waals surface area (Å²) in [4.78, 5) is 4.72. The van der Waals surface area contributed by atoms with E-state index in [4.69, 9.17) is 0 Å². The van der Waals surface area contributed by atoms with Gasteiger partial charge in [-0.05, 0) is 66.0 Å². The molecule has 0 bridgehead atoms. The second kappa shape index (κ2) is 75.3. The fourth-order valence-corrected chi connectivity index (χ4v) is 4.31. The van der Waals surface area contributed by atoms with E-state index in [-0.39, 0.29) is 0 Å². The highest BCUT2D eigenvalue weighted by Crippen LogP contribution is 2.01. The summed E-state index contributed by atoms with van der Waals surface area (Å²) in [5.41, 5.74) is 0. The van der Waals surface area contributed by atoms with Gasteiger partial charge < -0.3 is 9.80 Å². The van der Waals surface area contributed by atoms with Crippen LogP contribution in [0.15, 0.2) is 0 Å². The van der Waals surface area contributed by atoms with Crippen LogP contribution in [0.25, 0.3) is 0 Å². The molecule has 2 nitrogen and oxygen atoms in total. The van der Waals surface area contributed by atoms with Crippen molar-refractivity contribution in [2.24, 2.45) is 0 Å². The minimum absolute atomic E-state index is 1.24. The van der Waals surface area contributed by atoms with Crippen LogP contribution < -0.4 is 0 Å². The maximum absolute atomic E-state index is 2.36. The minimum atomic E-state index is 1.24. The molecule has 0 aliphatic heterocycles. The second-order valence-corrected chi connectivity index (χ2v) is 13.1. The average molecular weight is 661 g/mol. The summed E-state index contributed by atoms with van der Waals surface area (Å²) in [6.07, 6.45) is 32.8. The first-order chi connectivity index (χ1) is 22.2. The monoisotopic (exact) mass is 661 g/mol. The van der Waals surface area contributed by atoms with Gasteiger partial charge in [0.2, 0.25) is 0 Å². The zero-order chi connectivity index (χ0) is 37.0. The molecule has 0 saturated heterocycles. The zero-order valence-corrected chi connectivity index (χ0v) is 36.7. The second-order valence-electron chi connectivity index (χ2n) is 13.1. The fourth-order valence-electron chi connectivity index (χ4n) is 4.31. The first-order valence-electron chi connectivity index (χ1n) is 21.6. The summed E-state index contributed by atoms with van der Waals surface area (Å²) in [5.74, 6) is 0. The number of rotatable bonds is 23. The molecule has 0 aliphatic carbocycles. The zero-order valence-electron chi connectivity index (χ0n) is 36.7. The Balaban J connectivity index is -0.0000000777. The minimum Gasteiger partial charge on any atom is -0.306 e. The molecule has 0 unspecified atom stereocenters. The lowest BCUT2D eigenvalue weighted by Gasteiger charge is -2.12. The van der Waals surface area contributed by atoms with Crippen molar-refractivity contribution in [3.8, 4) is 0 Å². The van der Waals surface area contributed by atoms with E-state index in [2.05, 4.69) is 121 Å². The third-order valence-electron chi connectivity index (χ3n) is 7.21. The van der Waals surface area contributed by atoms with Crippen molar-refractivity contribution in [3.05, 3.63) is 0 Å². The lowest BCUT2D eigenvalue weighted by molar-refractivity contribution is 0.335. The molecule has 46 heavy (non-hydrogen) atoms. The summed E-state index contributed by atoms with van der Waals surface area (Å²) in [5, 5.41) is 0. The SMILES string of the molecule is CCCCC.CCCCC.CCCCCC.CCCCCCC.CCCCCCC.CCCN(C)CCC.CCCN(C)CCC. The molecule has 290 valence electrons. The van der Waals surface area contributed by atoms with Gasteiger partial charge in [-0.15, -0.1) is 0 Å². The highest BCUT2D eigenvalue weighted by Gasteiger charge is 1.91. The van der Waals surface area contributed by atoms with Gasteiger partial charge in [-0.3, -0.25) is 0 Å². The van der Waals surface area contributed by atoms with E-state index in [9.17, 15) is 0 Å². The van der Waals surface area contributed by atoms with Crippen molar-refractivity contribution in [2.45, 2.75) is 251 Å². The standard InChI is InChI=1S/2C7H17N.2C7H16.C6H14.2C5H12/c2*1-4-6-8(3)7-5-2;2*1-3-5-7-6-4-2;1-3-5-6-4-2;2*1-3-5-4-2/h2*4-7H2,1-3H3;2*3-7H2,1-2H3;3-6H2,1-2H3;2*3-5H2,1-2H3. The first kappa shape index (κ1) is 61.2. The van der Waals surface area contributed by atoms with Crippen molar-refractivity contribution in [1.82, 2.24) is 9.80 Å². The van der Waals surface area contributed by atoms with E-state index in [1.54, 1.807) is 0 Å². The predicted molar refractivity (Wildman–Crippen MR) is 225 cm³/mol. The molecule has 0 aromatic heterocycles. The Morgan fingerprint density at radius 1 is 0.196 bits per heavy atom. The van der Waals surface area contributed by atoms with Crippen LogP contribution in [0.1, 0.15) is 251 Å². The lowest BCUT2D eigenvalue weighted by atomic mass is 10.2. The molecule has 0 saturated carbocycles. The summed E-state index contributed by atoms with van der Waals surface area (Å²) in [6.45, 7) is 36.1. The fraction of sp³-hybridized carbons (Fsp3) is 1.00. The van der Waals surface area contributed by atoms with Crippen LogP contribution in [0.4, 0.5) is 0 Å². The van der Waals surface area contributed by atoms with Crippen LogP contribution in [0, 0.1) is 0 Å². The summed E-state index contributed by atoms with van der Waals surface area (Å²) >= 11 is 0. The smallest absolute Gasteiger partial charge is 0.00244 e. The van der Waals surface area contributed by atoms with Crippen molar-refractivity contribution >= 4 is 0 Å². The molecule has 0 aliphatic rings.